The second-order valence-electron chi connectivity index (χ2n) is 20.9. The quantitative estimate of drug-likeness (QED) is 0.0211. The number of hydrogen-bond acceptors (Lipinski definition) is 7. The van der Waals surface area contributed by atoms with Crippen molar-refractivity contribution < 1.29 is 42.9 Å². The van der Waals surface area contributed by atoms with Gasteiger partial charge in [-0.15, -0.1) is 0 Å². The highest BCUT2D eigenvalue weighted by Gasteiger charge is 2.25. The van der Waals surface area contributed by atoms with E-state index >= 15 is 0 Å². The molecule has 2 atom stereocenters. The molecule has 2 unspecified atom stereocenters. The summed E-state index contributed by atoms with van der Waals surface area (Å²) < 4.78 is 22.8. The first-order valence-electron chi connectivity index (χ1n) is 29.9. The highest BCUT2D eigenvalue weighted by molar-refractivity contribution is 5.71. The summed E-state index contributed by atoms with van der Waals surface area (Å²) in [6, 6.07) is 0. The van der Waals surface area contributed by atoms with E-state index in [2.05, 4.69) is 111 Å². The Labute approximate surface area is 454 Å². The van der Waals surface area contributed by atoms with Gasteiger partial charge >= 0.3 is 17.9 Å². The van der Waals surface area contributed by atoms with Crippen LogP contribution < -0.4 is 0 Å². The maximum atomic E-state index is 12.9. The van der Waals surface area contributed by atoms with Crippen LogP contribution >= 0.6 is 0 Å². The van der Waals surface area contributed by atoms with E-state index in [1.807, 2.05) is 21.1 Å². The predicted molar refractivity (Wildman–Crippen MR) is 313 cm³/mol. The fraction of sp³-hybridized carbons (Fsp3) is 0.708. The van der Waals surface area contributed by atoms with Gasteiger partial charge in [-0.25, -0.2) is 4.79 Å². The van der Waals surface area contributed by atoms with Gasteiger partial charge in [-0.05, 0) is 89.9 Å². The summed E-state index contributed by atoms with van der Waals surface area (Å²) in [5, 5.41) is 9.69. The van der Waals surface area contributed by atoms with Crippen LogP contribution in [0.15, 0.2) is 97.2 Å². The number of unbranched alkanes of at least 4 members (excludes halogenated alkanes) is 23. The average molecular weight is 1040 g/mol. The molecule has 0 bridgehead atoms. The number of likely N-dealkylation sites (N-methyl/N-ethyl adjacent to an activating group) is 1. The summed E-state index contributed by atoms with van der Waals surface area (Å²) in [6.07, 6.45) is 72.1. The SMILES string of the molecule is CC/C=C\C/C=C\C/C=C\C/C=C\C/C=C\C/C=C\CCCCCCCCCCCCCCCCCCC(=O)OC(COC(=O)CCCCCCC/C=C\C/C=C\CCCC)COC(OCC[N+](C)(C)C)C(=O)O. The van der Waals surface area contributed by atoms with Gasteiger partial charge in [0.05, 0.1) is 34.4 Å². The van der Waals surface area contributed by atoms with Gasteiger partial charge in [0.25, 0.3) is 6.29 Å². The first-order chi connectivity index (χ1) is 36.1. The molecule has 0 radical (unpaired) electrons. The molecule has 74 heavy (non-hydrogen) atoms. The van der Waals surface area contributed by atoms with Gasteiger partial charge in [-0.3, -0.25) is 9.59 Å². The Hall–Kier alpha value is -3.79. The van der Waals surface area contributed by atoms with E-state index in [0.29, 0.717) is 17.4 Å². The molecule has 424 valence electrons. The van der Waals surface area contributed by atoms with E-state index in [1.165, 1.54) is 103 Å². The number of allylic oxidation sites excluding steroid dienone is 16. The van der Waals surface area contributed by atoms with Crippen molar-refractivity contribution in [3.63, 3.8) is 0 Å². The van der Waals surface area contributed by atoms with Gasteiger partial charge < -0.3 is 28.5 Å². The summed E-state index contributed by atoms with van der Waals surface area (Å²) in [6.45, 7) is 4.70. The second kappa shape index (κ2) is 55.4. The van der Waals surface area contributed by atoms with Crippen molar-refractivity contribution in [1.29, 1.82) is 0 Å². The number of nitrogens with zero attached hydrogens (tertiary/aromatic N) is 1. The standard InChI is InChI=1S/C65H111NO8/c1-6-8-10-12-14-16-18-20-22-23-24-25-26-27-28-29-30-31-32-33-34-35-36-37-38-39-40-41-42-44-46-48-50-52-54-56-63(68)74-61(60-73-65(64(69)70)71-58-57-66(3,4)5)59-72-62(67)55-53-51-49-47-45-43-21-19-17-15-13-11-9-7-2/h8,10,13-16,19-22,24-25,27-28,30-31,61,65H,6-7,9,11-12,17-18,23,26,29,32-60H2,1-5H3/p+1/b10-8-,15-13-,16-14-,21-19-,22-20-,25-24-,28-27-,31-30-. The minimum Gasteiger partial charge on any atom is -0.477 e. The molecule has 9 nitrogen and oxygen atoms in total. The highest BCUT2D eigenvalue weighted by Crippen LogP contribution is 2.16. The molecule has 0 aliphatic heterocycles. The first kappa shape index (κ1) is 70.2. The number of esters is 2. The molecule has 0 saturated carbocycles. The normalized spacial score (nSPS) is 13.5. The maximum Gasteiger partial charge on any atom is 0.361 e. The highest BCUT2D eigenvalue weighted by atomic mass is 16.7. The van der Waals surface area contributed by atoms with Crippen molar-refractivity contribution in [2.24, 2.45) is 0 Å². The molecule has 1 N–H and O–H groups in total. The van der Waals surface area contributed by atoms with Gasteiger partial charge in [-0.1, -0.05) is 233 Å². The van der Waals surface area contributed by atoms with E-state index in [9.17, 15) is 19.5 Å². The minimum absolute atomic E-state index is 0.182. The van der Waals surface area contributed by atoms with Gasteiger partial charge in [-0.2, -0.15) is 0 Å². The largest absolute Gasteiger partial charge is 0.477 e. The number of carboxylic acids is 1. The number of ether oxygens (including phenoxy) is 4. The van der Waals surface area contributed by atoms with Crippen molar-refractivity contribution in [2.45, 2.75) is 251 Å². The Morgan fingerprint density at radius 3 is 1.15 bits per heavy atom. The summed E-state index contributed by atoms with van der Waals surface area (Å²) in [7, 11) is 5.96. The lowest BCUT2D eigenvalue weighted by atomic mass is 10.0. The zero-order valence-electron chi connectivity index (χ0n) is 48.2. The first-order valence-corrected chi connectivity index (χ1v) is 29.9. The molecule has 0 amide bonds. The lowest BCUT2D eigenvalue weighted by Gasteiger charge is -2.25. The monoisotopic (exact) mass is 1030 g/mol. The third kappa shape index (κ3) is 55.9. The Balaban J connectivity index is 4.11. The number of rotatable bonds is 54. The van der Waals surface area contributed by atoms with Gasteiger partial charge in [0.15, 0.2) is 6.10 Å². The zero-order valence-corrected chi connectivity index (χ0v) is 48.2. The molecular weight excluding hydrogens is 923 g/mol. The molecule has 0 aliphatic carbocycles. The molecule has 0 heterocycles. The van der Waals surface area contributed by atoms with Crippen LogP contribution in [0.4, 0.5) is 0 Å². The Morgan fingerprint density at radius 1 is 0.419 bits per heavy atom. The third-order valence-electron chi connectivity index (χ3n) is 12.6. The van der Waals surface area contributed by atoms with Crippen molar-refractivity contribution in [1.82, 2.24) is 0 Å². The molecular formula is C65H112NO8+. The van der Waals surface area contributed by atoms with E-state index in [0.717, 1.165) is 103 Å². The van der Waals surface area contributed by atoms with Crippen LogP contribution in [0.1, 0.15) is 239 Å². The number of quaternary nitrogens is 1. The van der Waals surface area contributed by atoms with Crippen molar-refractivity contribution >= 4 is 17.9 Å². The molecule has 0 aliphatic rings. The van der Waals surface area contributed by atoms with Crippen molar-refractivity contribution in [3.8, 4) is 0 Å². The van der Waals surface area contributed by atoms with E-state index in [1.54, 1.807) is 0 Å². The summed E-state index contributed by atoms with van der Waals surface area (Å²) in [5.74, 6) is -2.02. The molecule has 9 heteroatoms. The molecule has 0 aromatic carbocycles. The van der Waals surface area contributed by atoms with Crippen LogP contribution in [0, 0.1) is 0 Å². The van der Waals surface area contributed by atoms with E-state index in [-0.39, 0.29) is 38.6 Å². The smallest absolute Gasteiger partial charge is 0.361 e. The number of carbonyl (C=O) groups excluding carboxylic acids is 2. The van der Waals surface area contributed by atoms with Crippen LogP contribution in [0.5, 0.6) is 0 Å². The van der Waals surface area contributed by atoms with Crippen LogP contribution in [-0.4, -0.2) is 87.4 Å². The number of hydrogen-bond donors (Lipinski definition) is 1. The minimum atomic E-state index is -1.52. The van der Waals surface area contributed by atoms with Crippen molar-refractivity contribution in [3.05, 3.63) is 97.2 Å². The molecule has 0 saturated heterocycles. The summed E-state index contributed by atoms with van der Waals surface area (Å²) in [5.41, 5.74) is 0. The fourth-order valence-electron chi connectivity index (χ4n) is 7.97. The Kier molecular flexibility index (Phi) is 52.6. The topological polar surface area (TPSA) is 108 Å². The lowest BCUT2D eigenvalue weighted by Crippen LogP contribution is -2.40. The fourth-order valence-corrected chi connectivity index (χ4v) is 7.97. The van der Waals surface area contributed by atoms with Crippen LogP contribution in [-0.2, 0) is 33.3 Å². The van der Waals surface area contributed by atoms with Crippen LogP contribution in [0.25, 0.3) is 0 Å². The van der Waals surface area contributed by atoms with E-state index in [4.69, 9.17) is 18.9 Å². The zero-order chi connectivity index (χ0) is 54.1. The maximum absolute atomic E-state index is 12.9. The third-order valence-corrected chi connectivity index (χ3v) is 12.6. The second-order valence-corrected chi connectivity index (χ2v) is 20.9. The average Bonchev–Trinajstić information content (AvgIpc) is 3.37. The molecule has 0 spiro atoms. The van der Waals surface area contributed by atoms with Crippen LogP contribution in [0.3, 0.4) is 0 Å². The van der Waals surface area contributed by atoms with Crippen molar-refractivity contribution in [2.75, 3.05) is 47.5 Å². The number of aliphatic carboxylic acids is 1. The van der Waals surface area contributed by atoms with Gasteiger partial charge in [0.2, 0.25) is 0 Å². The molecule has 0 fully saturated rings. The number of carboxylic acid groups (broad SMARTS) is 1. The summed E-state index contributed by atoms with van der Waals surface area (Å²) in [4.78, 5) is 37.4. The molecule has 0 aromatic heterocycles. The van der Waals surface area contributed by atoms with E-state index < -0.39 is 24.3 Å². The lowest BCUT2D eigenvalue weighted by molar-refractivity contribution is -0.870. The van der Waals surface area contributed by atoms with Gasteiger partial charge in [0, 0.05) is 12.8 Å². The molecule has 0 rings (SSSR count). The Bertz CT molecular complexity index is 1530. The van der Waals surface area contributed by atoms with Gasteiger partial charge in [0.1, 0.15) is 13.2 Å². The summed E-state index contributed by atoms with van der Waals surface area (Å²) >= 11 is 0. The predicted octanol–water partition coefficient (Wildman–Crippen LogP) is 17.7. The Morgan fingerprint density at radius 2 is 0.770 bits per heavy atom. The van der Waals surface area contributed by atoms with Crippen LogP contribution in [0.2, 0.25) is 0 Å². The number of carbonyl (C=O) groups is 3. The molecule has 0 aromatic rings.